The summed E-state index contributed by atoms with van der Waals surface area (Å²) in [6.07, 6.45) is 2.78. The van der Waals surface area contributed by atoms with Crippen molar-refractivity contribution in [2.45, 2.75) is 39.8 Å². The number of rotatable bonds is 5. The molecular weight excluding hydrogens is 465 g/mol. The summed E-state index contributed by atoms with van der Waals surface area (Å²) in [5.74, 6) is 1.07. The van der Waals surface area contributed by atoms with Gasteiger partial charge in [0.15, 0.2) is 5.96 Å². The highest BCUT2D eigenvalue weighted by Crippen LogP contribution is 2.17. The maximum absolute atomic E-state index is 12.2. The van der Waals surface area contributed by atoms with Crippen LogP contribution in [-0.4, -0.2) is 47.4 Å². The molecule has 0 radical (unpaired) electrons. The first-order valence-electron chi connectivity index (χ1n) is 9.74. The zero-order valence-corrected chi connectivity index (χ0v) is 19.1. The zero-order valence-electron chi connectivity index (χ0n) is 16.8. The third-order valence-corrected chi connectivity index (χ3v) is 4.83. The molecule has 2 aromatic rings. The van der Waals surface area contributed by atoms with Gasteiger partial charge in [0, 0.05) is 43.2 Å². The van der Waals surface area contributed by atoms with E-state index in [2.05, 4.69) is 28.6 Å². The number of halogens is 1. The number of nitrogens with one attached hydrogen (secondary N) is 2. The van der Waals surface area contributed by atoms with Crippen molar-refractivity contribution in [3.05, 3.63) is 42.1 Å². The molecular formula is C21H30IN5O. The number of guanidine groups is 1. The lowest BCUT2D eigenvalue weighted by Crippen LogP contribution is -2.45. The molecule has 2 N–H and O–H groups in total. The van der Waals surface area contributed by atoms with E-state index in [0.717, 1.165) is 48.5 Å². The first-order chi connectivity index (χ1) is 13.1. The number of likely N-dealkylation sites (tertiary alicyclic amines) is 1. The predicted octanol–water partition coefficient (Wildman–Crippen LogP) is 3.16. The van der Waals surface area contributed by atoms with Crippen molar-refractivity contribution in [1.29, 1.82) is 0 Å². The molecule has 0 aliphatic carbocycles. The topological polar surface area (TPSA) is 69.6 Å². The van der Waals surface area contributed by atoms with E-state index < -0.39 is 0 Å². The number of amides is 1. The van der Waals surface area contributed by atoms with Crippen LogP contribution in [0.5, 0.6) is 0 Å². The first-order valence-corrected chi connectivity index (χ1v) is 9.74. The normalized spacial score (nSPS) is 16.9. The SMILES string of the molecule is CCNC(=NCc1ccnc2ccccc12)NC1CCN(C(=O)C(C)C)C1.I. The number of hydrogen-bond acceptors (Lipinski definition) is 3. The number of aliphatic imine (C=N–C) groups is 1. The second-order valence-electron chi connectivity index (χ2n) is 7.25. The summed E-state index contributed by atoms with van der Waals surface area (Å²) in [5.41, 5.74) is 2.14. The Morgan fingerprint density at radius 1 is 1.32 bits per heavy atom. The molecule has 0 bridgehead atoms. The van der Waals surface area contributed by atoms with Crippen molar-refractivity contribution < 1.29 is 4.79 Å². The number of hydrogen-bond donors (Lipinski definition) is 2. The Kier molecular flexibility index (Phi) is 8.47. The first kappa shape index (κ1) is 22.4. The van der Waals surface area contributed by atoms with Gasteiger partial charge < -0.3 is 15.5 Å². The number of aromatic nitrogens is 1. The summed E-state index contributed by atoms with van der Waals surface area (Å²) in [6.45, 7) is 8.89. The van der Waals surface area contributed by atoms with Crippen LogP contribution in [0.1, 0.15) is 32.8 Å². The molecule has 3 rings (SSSR count). The average molecular weight is 495 g/mol. The third-order valence-electron chi connectivity index (χ3n) is 4.83. The van der Waals surface area contributed by atoms with Crippen LogP contribution in [0.3, 0.4) is 0 Å². The van der Waals surface area contributed by atoms with Gasteiger partial charge in [-0.2, -0.15) is 0 Å². The molecule has 1 aromatic carbocycles. The van der Waals surface area contributed by atoms with E-state index in [1.807, 2.05) is 49.2 Å². The monoisotopic (exact) mass is 495 g/mol. The lowest BCUT2D eigenvalue weighted by molar-refractivity contribution is -0.133. The molecule has 7 heteroatoms. The van der Waals surface area contributed by atoms with E-state index in [1.165, 1.54) is 0 Å². The van der Waals surface area contributed by atoms with E-state index >= 15 is 0 Å². The molecule has 2 heterocycles. The number of benzene rings is 1. The van der Waals surface area contributed by atoms with Gasteiger partial charge in [0.05, 0.1) is 12.1 Å². The smallest absolute Gasteiger partial charge is 0.225 e. The molecule has 1 amide bonds. The van der Waals surface area contributed by atoms with Gasteiger partial charge in [0.2, 0.25) is 5.91 Å². The summed E-state index contributed by atoms with van der Waals surface area (Å²) in [5, 5.41) is 7.94. The summed E-state index contributed by atoms with van der Waals surface area (Å²) >= 11 is 0. The Morgan fingerprint density at radius 2 is 2.11 bits per heavy atom. The number of carbonyl (C=O) groups is 1. The fourth-order valence-electron chi connectivity index (χ4n) is 3.41. The highest BCUT2D eigenvalue weighted by molar-refractivity contribution is 14.0. The molecule has 0 saturated carbocycles. The number of para-hydroxylation sites is 1. The van der Waals surface area contributed by atoms with Crippen molar-refractivity contribution in [1.82, 2.24) is 20.5 Å². The van der Waals surface area contributed by atoms with Gasteiger partial charge in [0.25, 0.3) is 0 Å². The quantitative estimate of drug-likeness (QED) is 0.380. The highest BCUT2D eigenvalue weighted by Gasteiger charge is 2.27. The molecule has 1 aromatic heterocycles. The summed E-state index contributed by atoms with van der Waals surface area (Å²) < 4.78 is 0. The Labute approximate surface area is 184 Å². The Morgan fingerprint density at radius 3 is 2.86 bits per heavy atom. The second kappa shape index (κ2) is 10.6. The average Bonchev–Trinajstić information content (AvgIpc) is 3.14. The Bertz CT molecular complexity index is 818. The zero-order chi connectivity index (χ0) is 19.2. The minimum atomic E-state index is 0. The third kappa shape index (κ3) is 5.56. The van der Waals surface area contributed by atoms with Crippen LogP contribution < -0.4 is 10.6 Å². The predicted molar refractivity (Wildman–Crippen MR) is 125 cm³/mol. The standard InChI is InChI=1S/C21H29N5O.HI/c1-4-22-21(25-17-10-12-26(14-17)20(27)15(2)3)24-13-16-9-11-23-19-8-6-5-7-18(16)19;/h5-9,11,15,17H,4,10,12-14H2,1-3H3,(H2,22,24,25);1H. The largest absolute Gasteiger partial charge is 0.357 e. The molecule has 152 valence electrons. The Hall–Kier alpha value is -1.90. The van der Waals surface area contributed by atoms with Crippen LogP contribution in [0.4, 0.5) is 0 Å². The van der Waals surface area contributed by atoms with E-state index in [4.69, 9.17) is 4.99 Å². The van der Waals surface area contributed by atoms with Gasteiger partial charge >= 0.3 is 0 Å². The van der Waals surface area contributed by atoms with E-state index in [0.29, 0.717) is 6.54 Å². The minimum absolute atomic E-state index is 0. The van der Waals surface area contributed by atoms with Gasteiger partial charge in [-0.3, -0.25) is 9.78 Å². The number of carbonyl (C=O) groups excluding carboxylic acids is 1. The van der Waals surface area contributed by atoms with Gasteiger partial charge in [-0.05, 0) is 31.0 Å². The molecule has 6 nitrogen and oxygen atoms in total. The van der Waals surface area contributed by atoms with Gasteiger partial charge in [-0.1, -0.05) is 32.0 Å². The minimum Gasteiger partial charge on any atom is -0.357 e. The molecule has 1 atom stereocenters. The van der Waals surface area contributed by atoms with Crippen molar-refractivity contribution in [3.8, 4) is 0 Å². The van der Waals surface area contributed by atoms with Gasteiger partial charge in [-0.25, -0.2) is 4.99 Å². The Balaban J connectivity index is 0.00000280. The van der Waals surface area contributed by atoms with E-state index in [-0.39, 0.29) is 41.8 Å². The molecule has 0 spiro atoms. The maximum atomic E-state index is 12.2. The van der Waals surface area contributed by atoms with E-state index in [1.54, 1.807) is 0 Å². The van der Waals surface area contributed by atoms with Gasteiger partial charge in [0.1, 0.15) is 0 Å². The molecule has 1 aliphatic heterocycles. The molecule has 1 aliphatic rings. The number of fused-ring (bicyclic) bond motifs is 1. The fraction of sp³-hybridized carbons (Fsp3) is 0.476. The second-order valence-corrected chi connectivity index (χ2v) is 7.25. The summed E-state index contributed by atoms with van der Waals surface area (Å²) in [6, 6.07) is 10.4. The highest BCUT2D eigenvalue weighted by atomic mass is 127. The van der Waals surface area contributed by atoms with Crippen molar-refractivity contribution in [2.75, 3.05) is 19.6 Å². The fourth-order valence-corrected chi connectivity index (χ4v) is 3.41. The lowest BCUT2D eigenvalue weighted by atomic mass is 10.1. The van der Waals surface area contributed by atoms with Crippen molar-refractivity contribution in [2.24, 2.45) is 10.9 Å². The molecule has 1 fully saturated rings. The van der Waals surface area contributed by atoms with Crippen LogP contribution in [0, 0.1) is 5.92 Å². The van der Waals surface area contributed by atoms with Gasteiger partial charge in [-0.15, -0.1) is 24.0 Å². The maximum Gasteiger partial charge on any atom is 0.225 e. The van der Waals surface area contributed by atoms with E-state index in [9.17, 15) is 4.79 Å². The van der Waals surface area contributed by atoms with Crippen LogP contribution in [-0.2, 0) is 11.3 Å². The van der Waals surface area contributed by atoms with Crippen molar-refractivity contribution in [3.63, 3.8) is 0 Å². The van der Waals surface area contributed by atoms with Crippen LogP contribution in [0.25, 0.3) is 10.9 Å². The summed E-state index contributed by atoms with van der Waals surface area (Å²) in [4.78, 5) is 23.3. The number of nitrogens with zero attached hydrogens (tertiary/aromatic N) is 3. The molecule has 1 unspecified atom stereocenters. The lowest BCUT2D eigenvalue weighted by Gasteiger charge is -2.20. The van der Waals surface area contributed by atoms with Crippen molar-refractivity contribution >= 4 is 46.7 Å². The molecule has 28 heavy (non-hydrogen) atoms. The summed E-state index contributed by atoms with van der Waals surface area (Å²) in [7, 11) is 0. The van der Waals surface area contributed by atoms with Crippen LogP contribution in [0.15, 0.2) is 41.5 Å². The van der Waals surface area contributed by atoms with Crippen LogP contribution in [0.2, 0.25) is 0 Å². The molecule has 1 saturated heterocycles. The number of pyridine rings is 1. The van der Waals surface area contributed by atoms with Crippen LogP contribution >= 0.6 is 24.0 Å².